The van der Waals surface area contributed by atoms with E-state index in [1.807, 2.05) is 12.3 Å². The highest BCUT2D eigenvalue weighted by Gasteiger charge is 2.39. The highest BCUT2D eigenvalue weighted by Crippen LogP contribution is 2.53. The Bertz CT molecular complexity index is 2750. The molecule has 0 bridgehead atoms. The van der Waals surface area contributed by atoms with E-state index in [1.54, 1.807) is 0 Å². The minimum atomic E-state index is -0.293. The van der Waals surface area contributed by atoms with Crippen molar-refractivity contribution in [2.45, 2.75) is 50.5 Å². The van der Waals surface area contributed by atoms with Crippen LogP contribution in [0.2, 0.25) is 0 Å². The molecule has 0 saturated heterocycles. The van der Waals surface area contributed by atoms with Crippen LogP contribution in [-0.2, 0) is 0 Å². The number of pyridine rings is 1. The number of nitrogens with zero attached hydrogens (tertiary/aromatic N) is 3. The Balaban J connectivity index is 1.11. The maximum absolute atomic E-state index is 7.21. The summed E-state index contributed by atoms with van der Waals surface area (Å²) < 4.78 is 7.21. The van der Waals surface area contributed by atoms with Crippen molar-refractivity contribution in [3.05, 3.63) is 180 Å². The summed E-state index contributed by atoms with van der Waals surface area (Å²) in [5.74, 6) is 0.861. The summed E-state index contributed by atoms with van der Waals surface area (Å²) in [7, 11) is 0. The molecule has 2 aliphatic heterocycles. The van der Waals surface area contributed by atoms with Gasteiger partial charge in [-0.3, -0.25) is 10.3 Å². The largest absolute Gasteiger partial charge is 0.453 e. The lowest BCUT2D eigenvalue weighted by atomic mass is 9.91. The first-order valence-electron chi connectivity index (χ1n) is 19.9. The molecule has 0 spiro atoms. The van der Waals surface area contributed by atoms with Gasteiger partial charge in [-0.05, 0) is 79.1 Å². The van der Waals surface area contributed by atoms with Gasteiger partial charge in [0.25, 0.3) is 0 Å². The van der Waals surface area contributed by atoms with Crippen molar-refractivity contribution in [3.63, 3.8) is 0 Å². The quantitative estimate of drug-likeness (QED) is 0.179. The Morgan fingerprint density at radius 2 is 1.50 bits per heavy atom. The first-order valence-corrected chi connectivity index (χ1v) is 19.9. The van der Waals surface area contributed by atoms with E-state index in [9.17, 15) is 0 Å². The Kier molecular flexibility index (Phi) is 8.02. The molecule has 3 atom stereocenters. The van der Waals surface area contributed by atoms with Gasteiger partial charge in [-0.1, -0.05) is 121 Å². The van der Waals surface area contributed by atoms with Crippen molar-refractivity contribution >= 4 is 44.7 Å². The zero-order valence-electron chi connectivity index (χ0n) is 31.0. The Morgan fingerprint density at radius 1 is 0.714 bits per heavy atom. The van der Waals surface area contributed by atoms with Crippen molar-refractivity contribution in [3.8, 4) is 22.4 Å². The third-order valence-electron chi connectivity index (χ3n) is 11.8. The third-order valence-corrected chi connectivity index (χ3v) is 11.8. The second-order valence-corrected chi connectivity index (χ2v) is 15.2. The number of anilines is 2. The number of hydrogen-bond donors (Lipinski definition) is 2. The van der Waals surface area contributed by atoms with Crippen LogP contribution in [0.1, 0.15) is 55.0 Å². The van der Waals surface area contributed by atoms with Crippen LogP contribution in [0.25, 0.3) is 49.9 Å². The predicted octanol–water partition coefficient (Wildman–Crippen LogP) is 11.6. The maximum Gasteiger partial charge on any atom is 0.159 e. The highest BCUT2D eigenvalue weighted by atomic mass is 16.3. The van der Waals surface area contributed by atoms with Gasteiger partial charge in [-0.15, -0.1) is 0 Å². The number of amidine groups is 1. The zero-order chi connectivity index (χ0) is 37.0. The molecule has 7 aromatic rings. The van der Waals surface area contributed by atoms with Gasteiger partial charge in [0.1, 0.15) is 23.8 Å². The van der Waals surface area contributed by atoms with Crippen molar-refractivity contribution in [2.75, 3.05) is 4.90 Å². The maximum atomic E-state index is 7.21. The van der Waals surface area contributed by atoms with Crippen LogP contribution in [-0.4, -0.2) is 23.0 Å². The number of benzene rings is 5. The molecule has 6 heteroatoms. The molecule has 0 saturated carbocycles. The highest BCUT2D eigenvalue weighted by molar-refractivity contribution is 6.16. The van der Waals surface area contributed by atoms with E-state index in [0.717, 1.165) is 87.0 Å². The van der Waals surface area contributed by atoms with Gasteiger partial charge in [0, 0.05) is 50.5 Å². The summed E-state index contributed by atoms with van der Waals surface area (Å²) in [6, 6.07) is 45.4. The number of furan rings is 1. The molecule has 2 aromatic heterocycles. The standard InChI is InChI=1S/C50H41N5O/c1-5-16-32(17-6-1)35-30-42(50-53-48(33-18-7-2-8-19-33)52-49(54-50)34-20-9-3-10-21-34)44(51-31-35)41-26-15-25-39-40-29-28-38-37-24-13-14-27-43(37)55(36-22-11-4-12-23-36)45(38)47(40)56-46(39)41/h1-9,11-12,15-20,22-26,28-31,43,49-50,54H,10,13-14,21,27H2,(H,52,53). The van der Waals surface area contributed by atoms with Crippen LogP contribution in [0.15, 0.2) is 173 Å². The zero-order valence-corrected chi connectivity index (χ0v) is 31.0. The molecule has 2 N–H and O–H groups in total. The van der Waals surface area contributed by atoms with Crippen molar-refractivity contribution < 1.29 is 4.42 Å². The molecule has 2 aliphatic carbocycles. The molecule has 0 fully saturated rings. The van der Waals surface area contributed by atoms with Crippen LogP contribution < -0.4 is 15.5 Å². The molecule has 0 radical (unpaired) electrons. The van der Waals surface area contributed by atoms with Gasteiger partial charge in [-0.2, -0.15) is 0 Å². The Hall–Kier alpha value is -6.50. The Morgan fingerprint density at radius 3 is 2.30 bits per heavy atom. The average molecular weight is 728 g/mol. The number of aromatic nitrogens is 1. The molecule has 272 valence electrons. The van der Waals surface area contributed by atoms with Gasteiger partial charge in [0.15, 0.2) is 5.58 Å². The molecular formula is C50H41N5O. The molecular weight excluding hydrogens is 687 g/mol. The van der Waals surface area contributed by atoms with E-state index >= 15 is 0 Å². The monoisotopic (exact) mass is 727 g/mol. The third kappa shape index (κ3) is 5.51. The normalized spacial score (nSPS) is 20.2. The summed E-state index contributed by atoms with van der Waals surface area (Å²) in [5.41, 5.74) is 14.2. The number of rotatable bonds is 6. The summed E-state index contributed by atoms with van der Waals surface area (Å²) in [6.07, 6.45) is 15.9. The predicted molar refractivity (Wildman–Crippen MR) is 229 cm³/mol. The van der Waals surface area contributed by atoms with Gasteiger partial charge in [0.2, 0.25) is 0 Å². The lowest BCUT2D eigenvalue weighted by molar-refractivity contribution is 0.425. The van der Waals surface area contributed by atoms with E-state index < -0.39 is 0 Å². The van der Waals surface area contributed by atoms with Crippen LogP contribution >= 0.6 is 0 Å². The number of hydrogen-bond acceptors (Lipinski definition) is 6. The summed E-state index contributed by atoms with van der Waals surface area (Å²) >= 11 is 0. The summed E-state index contributed by atoms with van der Waals surface area (Å²) in [4.78, 5) is 13.1. The van der Waals surface area contributed by atoms with E-state index in [4.69, 9.17) is 14.4 Å². The number of nitrogens with one attached hydrogen (secondary N) is 2. The molecule has 6 nitrogen and oxygen atoms in total. The number of aliphatic imine (C=N–C) groups is 1. The molecule has 3 unspecified atom stereocenters. The first-order chi connectivity index (χ1) is 27.8. The van der Waals surface area contributed by atoms with Gasteiger partial charge in [0.05, 0.1) is 17.4 Å². The lowest BCUT2D eigenvalue weighted by Crippen LogP contribution is -2.49. The van der Waals surface area contributed by atoms with Crippen molar-refractivity contribution in [2.24, 2.45) is 4.99 Å². The number of para-hydroxylation sites is 2. The minimum absolute atomic E-state index is 0.193. The van der Waals surface area contributed by atoms with Crippen molar-refractivity contribution in [1.29, 1.82) is 0 Å². The van der Waals surface area contributed by atoms with E-state index in [2.05, 4.69) is 161 Å². The SMILES string of the molecule is C1=CCCC(C2N=C(c3ccccc3)NC(c3cc(-c4ccccc4)cnc3-c3cccc4c3oc3c5c(ccc34)C3=CCCCC3N5c3ccccc3)N2)=C1. The smallest absolute Gasteiger partial charge is 0.159 e. The van der Waals surface area contributed by atoms with E-state index in [1.165, 1.54) is 34.5 Å². The van der Waals surface area contributed by atoms with Crippen molar-refractivity contribution in [1.82, 2.24) is 15.6 Å². The average Bonchev–Trinajstić information content (AvgIpc) is 3.84. The minimum Gasteiger partial charge on any atom is -0.453 e. The second kappa shape index (κ2) is 13.7. The first kappa shape index (κ1) is 32.9. The van der Waals surface area contributed by atoms with Crippen LogP contribution in [0.3, 0.4) is 0 Å². The van der Waals surface area contributed by atoms with Gasteiger partial charge in [-0.25, -0.2) is 4.99 Å². The fourth-order valence-corrected chi connectivity index (χ4v) is 9.19. The fourth-order valence-electron chi connectivity index (χ4n) is 9.19. The van der Waals surface area contributed by atoms with Crippen LogP contribution in [0, 0.1) is 0 Å². The molecule has 11 rings (SSSR count). The molecule has 4 heterocycles. The van der Waals surface area contributed by atoms with Crippen LogP contribution in [0.4, 0.5) is 11.4 Å². The molecule has 56 heavy (non-hydrogen) atoms. The van der Waals surface area contributed by atoms with Gasteiger partial charge < -0.3 is 14.6 Å². The molecule has 0 amide bonds. The Labute approximate surface area is 326 Å². The topological polar surface area (TPSA) is 65.7 Å². The van der Waals surface area contributed by atoms with Crippen LogP contribution in [0.5, 0.6) is 0 Å². The summed E-state index contributed by atoms with van der Waals surface area (Å²) in [5, 5.41) is 9.93. The fraction of sp³-hybridized carbons (Fsp3) is 0.160. The van der Waals surface area contributed by atoms with E-state index in [-0.39, 0.29) is 12.3 Å². The number of fused-ring (bicyclic) bond motifs is 7. The van der Waals surface area contributed by atoms with E-state index in [0.29, 0.717) is 6.04 Å². The number of allylic oxidation sites excluding steroid dienone is 4. The lowest BCUT2D eigenvalue weighted by Gasteiger charge is -2.34. The second-order valence-electron chi connectivity index (χ2n) is 15.2. The molecule has 4 aliphatic rings. The summed E-state index contributed by atoms with van der Waals surface area (Å²) in [6.45, 7) is 0. The molecule has 5 aromatic carbocycles. The van der Waals surface area contributed by atoms with Gasteiger partial charge >= 0.3 is 0 Å².